The van der Waals surface area contributed by atoms with Crippen LogP contribution in [0.5, 0.6) is 0 Å². The number of methoxy groups -OCH3 is 1. The predicted molar refractivity (Wildman–Crippen MR) is 109 cm³/mol. The highest BCUT2D eigenvalue weighted by Gasteiger charge is 2.18. The van der Waals surface area contributed by atoms with Crippen molar-refractivity contribution in [2.45, 2.75) is 13.1 Å². The number of nitrogens with one attached hydrogen (secondary N) is 1. The Bertz CT molecular complexity index is 1130. The van der Waals surface area contributed by atoms with Gasteiger partial charge in [0.15, 0.2) is 0 Å². The summed E-state index contributed by atoms with van der Waals surface area (Å²) in [5.41, 5.74) is -0.355. The van der Waals surface area contributed by atoms with Gasteiger partial charge in [-0.25, -0.2) is 9.36 Å². The third-order valence-electron chi connectivity index (χ3n) is 4.21. The second-order valence-corrected chi connectivity index (χ2v) is 6.61. The number of ether oxygens (including phenoxy) is 1. The van der Waals surface area contributed by atoms with Gasteiger partial charge in [0.2, 0.25) is 0 Å². The molecule has 8 nitrogen and oxygen atoms in total. The fourth-order valence-electron chi connectivity index (χ4n) is 2.73. The van der Waals surface area contributed by atoms with Gasteiger partial charge in [-0.3, -0.25) is 19.1 Å². The van der Waals surface area contributed by atoms with Crippen LogP contribution < -0.4 is 16.6 Å². The van der Waals surface area contributed by atoms with E-state index in [2.05, 4.69) is 10.3 Å². The number of rotatable bonds is 7. The standard InChI is InChI=1S/C20H19ClN4O4/c1-29-10-9-24-13-17(18(26)23-12-14-5-7-22-8-6-14)19(27)25(20(24)28)16-4-2-3-15(21)11-16/h2-8,11,13H,9-10,12H2,1H3,(H,23,26). The van der Waals surface area contributed by atoms with Crippen molar-refractivity contribution in [2.24, 2.45) is 0 Å². The van der Waals surface area contributed by atoms with E-state index in [1.165, 1.54) is 23.9 Å². The summed E-state index contributed by atoms with van der Waals surface area (Å²) < 4.78 is 7.23. The largest absolute Gasteiger partial charge is 0.383 e. The summed E-state index contributed by atoms with van der Waals surface area (Å²) in [7, 11) is 1.50. The highest BCUT2D eigenvalue weighted by Crippen LogP contribution is 2.12. The number of carbonyl (C=O) groups is 1. The van der Waals surface area contributed by atoms with Crippen LogP contribution in [-0.4, -0.2) is 33.7 Å². The summed E-state index contributed by atoms with van der Waals surface area (Å²) in [6.45, 7) is 0.641. The number of hydrogen-bond donors (Lipinski definition) is 1. The molecule has 0 spiro atoms. The van der Waals surface area contributed by atoms with E-state index in [-0.39, 0.29) is 30.9 Å². The van der Waals surface area contributed by atoms with E-state index in [4.69, 9.17) is 16.3 Å². The van der Waals surface area contributed by atoms with Crippen LogP contribution in [0.3, 0.4) is 0 Å². The van der Waals surface area contributed by atoms with Crippen molar-refractivity contribution >= 4 is 17.5 Å². The van der Waals surface area contributed by atoms with E-state index >= 15 is 0 Å². The van der Waals surface area contributed by atoms with Gasteiger partial charge >= 0.3 is 5.69 Å². The second-order valence-electron chi connectivity index (χ2n) is 6.17. The van der Waals surface area contributed by atoms with Crippen LogP contribution in [0.1, 0.15) is 15.9 Å². The summed E-state index contributed by atoms with van der Waals surface area (Å²) in [5.74, 6) is -0.589. The van der Waals surface area contributed by atoms with Crippen LogP contribution in [0.25, 0.3) is 5.69 Å². The molecule has 1 amide bonds. The Kier molecular flexibility index (Phi) is 6.58. The summed E-state index contributed by atoms with van der Waals surface area (Å²) >= 11 is 6.01. The van der Waals surface area contributed by atoms with E-state index in [0.29, 0.717) is 5.02 Å². The molecule has 0 unspecified atom stereocenters. The normalized spacial score (nSPS) is 10.7. The first kappa shape index (κ1) is 20.5. The molecule has 0 aliphatic carbocycles. The fourth-order valence-corrected chi connectivity index (χ4v) is 2.91. The van der Waals surface area contributed by atoms with Gasteiger partial charge in [0.1, 0.15) is 5.56 Å². The lowest BCUT2D eigenvalue weighted by Crippen LogP contribution is -2.43. The number of hydrogen-bond acceptors (Lipinski definition) is 5. The molecule has 0 fully saturated rings. The second kappa shape index (κ2) is 9.31. The first-order chi connectivity index (χ1) is 14.0. The van der Waals surface area contributed by atoms with Crippen molar-refractivity contribution in [3.8, 4) is 5.69 Å². The molecule has 0 saturated heterocycles. The van der Waals surface area contributed by atoms with E-state index in [9.17, 15) is 14.4 Å². The zero-order chi connectivity index (χ0) is 20.8. The number of amides is 1. The maximum atomic E-state index is 13.0. The van der Waals surface area contributed by atoms with Crippen molar-refractivity contribution in [1.82, 2.24) is 19.4 Å². The maximum absolute atomic E-state index is 13.0. The maximum Gasteiger partial charge on any atom is 0.335 e. The van der Waals surface area contributed by atoms with Crippen LogP contribution >= 0.6 is 11.6 Å². The number of aromatic nitrogens is 3. The molecular formula is C20H19ClN4O4. The molecule has 1 N–H and O–H groups in total. The van der Waals surface area contributed by atoms with Gasteiger partial charge in [0.25, 0.3) is 11.5 Å². The summed E-state index contributed by atoms with van der Waals surface area (Å²) in [6.07, 6.45) is 4.48. The van der Waals surface area contributed by atoms with Gasteiger partial charge in [-0.1, -0.05) is 17.7 Å². The Morgan fingerprint density at radius 2 is 1.97 bits per heavy atom. The topological polar surface area (TPSA) is 95.2 Å². The van der Waals surface area contributed by atoms with Crippen molar-refractivity contribution in [1.29, 1.82) is 0 Å². The first-order valence-corrected chi connectivity index (χ1v) is 9.17. The molecule has 2 heterocycles. The monoisotopic (exact) mass is 414 g/mol. The van der Waals surface area contributed by atoms with Crippen LogP contribution in [0.4, 0.5) is 0 Å². The molecule has 150 valence electrons. The average Bonchev–Trinajstić information content (AvgIpc) is 2.72. The van der Waals surface area contributed by atoms with E-state index in [1.807, 2.05) is 0 Å². The lowest BCUT2D eigenvalue weighted by atomic mass is 10.2. The predicted octanol–water partition coefficient (Wildman–Crippen LogP) is 1.62. The van der Waals surface area contributed by atoms with E-state index < -0.39 is 17.2 Å². The zero-order valence-corrected chi connectivity index (χ0v) is 16.4. The molecule has 9 heteroatoms. The van der Waals surface area contributed by atoms with Crippen LogP contribution in [0, 0.1) is 0 Å². The fraction of sp³-hybridized carbons (Fsp3) is 0.200. The Morgan fingerprint density at radius 1 is 1.21 bits per heavy atom. The minimum atomic E-state index is -0.724. The minimum Gasteiger partial charge on any atom is -0.383 e. The van der Waals surface area contributed by atoms with Gasteiger partial charge in [0.05, 0.1) is 18.8 Å². The summed E-state index contributed by atoms with van der Waals surface area (Å²) in [6, 6.07) is 9.83. The minimum absolute atomic E-state index is 0.158. The van der Waals surface area contributed by atoms with Crippen molar-refractivity contribution in [2.75, 3.05) is 13.7 Å². The van der Waals surface area contributed by atoms with Crippen LogP contribution in [0.2, 0.25) is 5.02 Å². The number of halogens is 1. The smallest absolute Gasteiger partial charge is 0.335 e. The Morgan fingerprint density at radius 3 is 2.66 bits per heavy atom. The molecule has 3 rings (SSSR count). The molecule has 29 heavy (non-hydrogen) atoms. The van der Waals surface area contributed by atoms with Gasteiger partial charge in [-0.2, -0.15) is 0 Å². The molecule has 0 bridgehead atoms. The average molecular weight is 415 g/mol. The van der Waals surface area contributed by atoms with E-state index in [1.54, 1.807) is 42.7 Å². The first-order valence-electron chi connectivity index (χ1n) is 8.79. The Labute approximate surface area is 171 Å². The SMILES string of the molecule is COCCn1cc(C(=O)NCc2ccncc2)c(=O)n(-c2cccc(Cl)c2)c1=O. The number of benzene rings is 1. The van der Waals surface area contributed by atoms with Gasteiger partial charge in [-0.05, 0) is 35.9 Å². The van der Waals surface area contributed by atoms with Crippen molar-refractivity contribution in [3.63, 3.8) is 0 Å². The molecule has 2 aromatic heterocycles. The third kappa shape index (κ3) is 4.79. The van der Waals surface area contributed by atoms with Crippen LogP contribution in [0.15, 0.2) is 64.6 Å². The van der Waals surface area contributed by atoms with Gasteiger partial charge < -0.3 is 10.1 Å². The highest BCUT2D eigenvalue weighted by atomic mass is 35.5. The highest BCUT2D eigenvalue weighted by molar-refractivity contribution is 6.30. The Hall–Kier alpha value is -3.23. The van der Waals surface area contributed by atoms with Gasteiger partial charge in [0, 0.05) is 37.3 Å². The lowest BCUT2D eigenvalue weighted by Gasteiger charge is -2.13. The molecule has 0 atom stereocenters. The van der Waals surface area contributed by atoms with Crippen molar-refractivity contribution in [3.05, 3.63) is 92.0 Å². The lowest BCUT2D eigenvalue weighted by molar-refractivity contribution is 0.0947. The molecule has 0 aliphatic heterocycles. The number of pyridine rings is 1. The summed E-state index contributed by atoms with van der Waals surface area (Å²) in [5, 5.41) is 3.06. The van der Waals surface area contributed by atoms with Crippen LogP contribution in [-0.2, 0) is 17.8 Å². The molecule has 0 aliphatic rings. The molecular weight excluding hydrogens is 396 g/mol. The third-order valence-corrected chi connectivity index (χ3v) is 4.44. The molecule has 3 aromatic rings. The quantitative estimate of drug-likeness (QED) is 0.634. The van der Waals surface area contributed by atoms with E-state index in [0.717, 1.165) is 10.1 Å². The Balaban J connectivity index is 2.04. The molecule has 0 saturated carbocycles. The zero-order valence-electron chi connectivity index (χ0n) is 15.7. The molecule has 1 aromatic carbocycles. The number of nitrogens with zero attached hydrogens (tertiary/aromatic N) is 3. The summed E-state index contributed by atoms with van der Waals surface area (Å²) in [4.78, 5) is 42.5. The van der Waals surface area contributed by atoms with Crippen molar-refractivity contribution < 1.29 is 9.53 Å². The van der Waals surface area contributed by atoms with Gasteiger partial charge in [-0.15, -0.1) is 0 Å². The molecule has 0 radical (unpaired) electrons. The number of carbonyl (C=O) groups excluding carboxylic acids is 1.